The Morgan fingerprint density at radius 3 is 2.71 bits per heavy atom. The van der Waals surface area contributed by atoms with E-state index in [9.17, 15) is 14.9 Å². The lowest BCUT2D eigenvalue weighted by atomic mass is 10.1. The number of hydrogen-bond acceptors (Lipinski definition) is 4. The highest BCUT2D eigenvalue weighted by Gasteiger charge is 2.35. The summed E-state index contributed by atoms with van der Waals surface area (Å²) in [4.78, 5) is 25.0. The van der Waals surface area contributed by atoms with Gasteiger partial charge in [-0.05, 0) is 41.3 Å². The second kappa shape index (κ2) is 5.65. The highest BCUT2D eigenvalue weighted by atomic mass is 32.1. The first-order chi connectivity index (χ1) is 10.2. The van der Waals surface area contributed by atoms with Crippen LogP contribution in [0.25, 0.3) is 0 Å². The van der Waals surface area contributed by atoms with Gasteiger partial charge >= 0.3 is 0 Å². The maximum Gasteiger partial charge on any atom is 0.282 e. The summed E-state index contributed by atoms with van der Waals surface area (Å²) in [5.74, 6) is -0.254. The summed E-state index contributed by atoms with van der Waals surface area (Å²) in [7, 11) is 0. The number of nitro groups is 1. The van der Waals surface area contributed by atoms with Gasteiger partial charge in [-0.15, -0.1) is 0 Å². The van der Waals surface area contributed by atoms with Gasteiger partial charge in [0.1, 0.15) is 5.56 Å². The van der Waals surface area contributed by atoms with Crippen LogP contribution in [0.4, 0.5) is 5.69 Å². The van der Waals surface area contributed by atoms with Gasteiger partial charge in [-0.25, -0.2) is 0 Å². The lowest BCUT2D eigenvalue weighted by Crippen LogP contribution is -2.32. The van der Waals surface area contributed by atoms with E-state index in [0.717, 1.165) is 18.4 Å². The summed E-state index contributed by atoms with van der Waals surface area (Å²) in [6.07, 6.45) is 1.94. The number of hydrogen-bond donors (Lipinski definition) is 0. The molecule has 0 radical (unpaired) electrons. The highest BCUT2D eigenvalue weighted by Crippen LogP contribution is 2.31. The fourth-order valence-electron chi connectivity index (χ4n) is 2.30. The Kier molecular flexibility index (Phi) is 3.70. The predicted molar refractivity (Wildman–Crippen MR) is 80.3 cm³/mol. The van der Waals surface area contributed by atoms with Gasteiger partial charge in [0.2, 0.25) is 0 Å². The van der Waals surface area contributed by atoms with E-state index in [1.165, 1.54) is 12.1 Å². The van der Waals surface area contributed by atoms with Gasteiger partial charge in [0.25, 0.3) is 11.6 Å². The van der Waals surface area contributed by atoms with Gasteiger partial charge in [0.15, 0.2) is 0 Å². The van der Waals surface area contributed by atoms with Gasteiger partial charge in [-0.1, -0.05) is 12.1 Å². The van der Waals surface area contributed by atoms with Crippen LogP contribution in [0.5, 0.6) is 0 Å². The van der Waals surface area contributed by atoms with Gasteiger partial charge in [-0.3, -0.25) is 14.9 Å². The molecule has 0 spiro atoms. The number of para-hydroxylation sites is 1. The van der Waals surface area contributed by atoms with Crippen LogP contribution in [0.2, 0.25) is 0 Å². The van der Waals surface area contributed by atoms with E-state index in [1.54, 1.807) is 28.4 Å². The number of nitro benzene ring substituents is 1. The third-order valence-electron chi connectivity index (χ3n) is 3.51. The molecule has 1 amide bonds. The molecule has 108 valence electrons. The molecule has 3 rings (SSSR count). The van der Waals surface area contributed by atoms with E-state index in [4.69, 9.17) is 0 Å². The fourth-order valence-corrected chi connectivity index (χ4v) is 2.96. The number of amides is 1. The molecular weight excluding hydrogens is 288 g/mol. The molecule has 0 atom stereocenters. The van der Waals surface area contributed by atoms with Crippen LogP contribution in [0, 0.1) is 10.1 Å². The highest BCUT2D eigenvalue weighted by molar-refractivity contribution is 7.07. The smallest absolute Gasteiger partial charge is 0.282 e. The Morgan fingerprint density at radius 2 is 2.10 bits per heavy atom. The fraction of sp³-hybridized carbons (Fsp3) is 0.267. The van der Waals surface area contributed by atoms with Crippen LogP contribution in [0.15, 0.2) is 41.1 Å². The second-order valence-corrected chi connectivity index (χ2v) is 5.85. The summed E-state index contributed by atoms with van der Waals surface area (Å²) < 4.78 is 0. The molecule has 1 saturated carbocycles. The van der Waals surface area contributed by atoms with E-state index in [2.05, 4.69) is 0 Å². The van der Waals surface area contributed by atoms with Crippen molar-refractivity contribution in [1.29, 1.82) is 0 Å². The van der Waals surface area contributed by atoms with Crippen LogP contribution < -0.4 is 0 Å². The van der Waals surface area contributed by atoms with Crippen molar-refractivity contribution in [2.75, 3.05) is 0 Å². The SMILES string of the molecule is O=C(c1ccccc1[N+](=O)[O-])N(Cc1ccsc1)C1CC1. The minimum Gasteiger partial charge on any atom is -0.331 e. The topological polar surface area (TPSA) is 63.4 Å². The van der Waals surface area contributed by atoms with Crippen LogP contribution >= 0.6 is 11.3 Å². The molecule has 0 saturated heterocycles. The van der Waals surface area contributed by atoms with E-state index < -0.39 is 4.92 Å². The Balaban J connectivity index is 1.89. The van der Waals surface area contributed by atoms with E-state index in [-0.39, 0.29) is 23.2 Å². The van der Waals surface area contributed by atoms with Crippen molar-refractivity contribution in [3.63, 3.8) is 0 Å². The number of nitrogens with zero attached hydrogens (tertiary/aromatic N) is 2. The predicted octanol–water partition coefficient (Wildman–Crippen LogP) is 3.46. The molecule has 1 aliphatic carbocycles. The zero-order valence-corrected chi connectivity index (χ0v) is 12.1. The Hall–Kier alpha value is -2.21. The number of carbonyl (C=O) groups is 1. The third kappa shape index (κ3) is 2.95. The first-order valence-electron chi connectivity index (χ1n) is 6.72. The normalized spacial score (nSPS) is 13.9. The summed E-state index contributed by atoms with van der Waals surface area (Å²) in [5.41, 5.74) is 1.11. The maximum absolute atomic E-state index is 12.7. The van der Waals surface area contributed by atoms with Crippen molar-refractivity contribution in [3.05, 3.63) is 62.3 Å². The van der Waals surface area contributed by atoms with Crippen LogP contribution in [0.1, 0.15) is 28.8 Å². The average Bonchev–Trinajstić information content (AvgIpc) is 3.20. The molecule has 1 heterocycles. The third-order valence-corrected chi connectivity index (χ3v) is 4.24. The largest absolute Gasteiger partial charge is 0.331 e. The minimum absolute atomic E-state index is 0.126. The van der Waals surface area contributed by atoms with E-state index >= 15 is 0 Å². The maximum atomic E-state index is 12.7. The summed E-state index contributed by atoms with van der Waals surface area (Å²) >= 11 is 1.58. The molecule has 0 N–H and O–H groups in total. The molecule has 0 unspecified atom stereocenters. The molecule has 1 aliphatic rings. The van der Waals surface area contributed by atoms with Gasteiger partial charge < -0.3 is 4.90 Å². The first-order valence-corrected chi connectivity index (χ1v) is 7.66. The van der Waals surface area contributed by atoms with Crippen molar-refractivity contribution in [1.82, 2.24) is 4.90 Å². The molecule has 2 aromatic rings. The minimum atomic E-state index is -0.497. The average molecular weight is 302 g/mol. The summed E-state index contributed by atoms with van der Waals surface area (Å²) in [6, 6.07) is 8.33. The van der Waals surface area contributed by atoms with Crippen molar-refractivity contribution in [3.8, 4) is 0 Å². The number of thiophene rings is 1. The van der Waals surface area contributed by atoms with Crippen molar-refractivity contribution in [2.45, 2.75) is 25.4 Å². The Bertz CT molecular complexity index is 665. The lowest BCUT2D eigenvalue weighted by Gasteiger charge is -2.22. The van der Waals surface area contributed by atoms with Crippen LogP contribution in [-0.4, -0.2) is 21.8 Å². The van der Waals surface area contributed by atoms with Crippen molar-refractivity contribution in [2.24, 2.45) is 0 Å². The first kappa shape index (κ1) is 13.8. The lowest BCUT2D eigenvalue weighted by molar-refractivity contribution is -0.385. The molecule has 21 heavy (non-hydrogen) atoms. The second-order valence-electron chi connectivity index (χ2n) is 5.07. The molecule has 0 bridgehead atoms. The number of rotatable bonds is 5. The zero-order valence-electron chi connectivity index (χ0n) is 11.3. The number of benzene rings is 1. The molecule has 1 fully saturated rings. The Morgan fingerprint density at radius 1 is 1.33 bits per heavy atom. The van der Waals surface area contributed by atoms with Crippen molar-refractivity contribution >= 4 is 22.9 Å². The van der Waals surface area contributed by atoms with Gasteiger partial charge in [0, 0.05) is 18.7 Å². The van der Waals surface area contributed by atoms with E-state index in [0.29, 0.717) is 6.54 Å². The van der Waals surface area contributed by atoms with E-state index in [1.807, 2.05) is 16.8 Å². The Labute approximate surface area is 126 Å². The van der Waals surface area contributed by atoms with Crippen molar-refractivity contribution < 1.29 is 9.72 Å². The summed E-state index contributed by atoms with van der Waals surface area (Å²) in [6.45, 7) is 0.513. The molecule has 0 aliphatic heterocycles. The number of carbonyl (C=O) groups excluding carboxylic acids is 1. The standard InChI is InChI=1S/C15H14N2O3S/c18-15(13-3-1-2-4-14(13)17(19)20)16(12-5-6-12)9-11-7-8-21-10-11/h1-4,7-8,10,12H,5-6,9H2. The van der Waals surface area contributed by atoms with Gasteiger partial charge in [-0.2, -0.15) is 11.3 Å². The molecule has 1 aromatic carbocycles. The zero-order chi connectivity index (χ0) is 14.8. The van der Waals surface area contributed by atoms with Gasteiger partial charge in [0.05, 0.1) is 4.92 Å². The molecular formula is C15H14N2O3S. The molecule has 1 aromatic heterocycles. The van der Waals surface area contributed by atoms with Crippen LogP contribution in [-0.2, 0) is 6.54 Å². The molecule has 5 nitrogen and oxygen atoms in total. The molecule has 6 heteroatoms. The van der Waals surface area contributed by atoms with Crippen LogP contribution in [0.3, 0.4) is 0 Å². The summed E-state index contributed by atoms with van der Waals surface area (Å²) in [5, 5.41) is 15.1. The quantitative estimate of drug-likeness (QED) is 0.627. The monoisotopic (exact) mass is 302 g/mol.